The number of hydrogen-bond donors (Lipinski definition) is 3. The number of pyridine rings is 1. The molecule has 4 heterocycles. The number of carbonyl (C=O) groups excluding carboxylic acids is 1. The molecule has 0 aliphatic carbocycles. The lowest BCUT2D eigenvalue weighted by Gasteiger charge is -2.38. The lowest BCUT2D eigenvalue weighted by Crippen LogP contribution is -2.44. The Kier molecular flexibility index (Phi) is 3.49. The van der Waals surface area contributed by atoms with Gasteiger partial charge in [-0.25, -0.2) is 9.78 Å². The van der Waals surface area contributed by atoms with E-state index in [1.54, 1.807) is 0 Å². The zero-order chi connectivity index (χ0) is 16.7. The molecule has 0 radical (unpaired) electrons. The van der Waals surface area contributed by atoms with E-state index in [0.29, 0.717) is 11.0 Å². The zero-order valence-electron chi connectivity index (χ0n) is 13.2. The zero-order valence-corrected chi connectivity index (χ0v) is 13.2. The molecule has 0 unspecified atom stereocenters. The number of aromatic nitrogens is 3. The predicted molar refractivity (Wildman–Crippen MR) is 88.0 cm³/mol. The first-order valence-corrected chi connectivity index (χ1v) is 8.19. The molecule has 126 valence electrons. The minimum atomic E-state index is -0.606. The Hall–Kier alpha value is -2.48. The van der Waals surface area contributed by atoms with Crippen molar-refractivity contribution in [1.29, 1.82) is 0 Å². The molecule has 2 aliphatic rings. The third-order valence-corrected chi connectivity index (χ3v) is 5.28. The van der Waals surface area contributed by atoms with E-state index in [1.807, 2.05) is 4.90 Å². The Bertz CT molecular complexity index is 900. The van der Waals surface area contributed by atoms with Crippen LogP contribution >= 0.6 is 0 Å². The summed E-state index contributed by atoms with van der Waals surface area (Å²) in [5.41, 5.74) is -0.235. The van der Waals surface area contributed by atoms with Gasteiger partial charge < -0.3 is 10.2 Å². The molecule has 2 aromatic rings. The number of amides is 1. The molecule has 0 aromatic carbocycles. The Labute approximate surface area is 137 Å². The van der Waals surface area contributed by atoms with Crippen LogP contribution in [0.3, 0.4) is 0 Å². The monoisotopic (exact) mass is 329 g/mol. The second kappa shape index (κ2) is 5.55. The maximum atomic E-state index is 12.7. The Morgan fingerprint density at radius 3 is 2.67 bits per heavy atom. The van der Waals surface area contributed by atoms with E-state index in [-0.39, 0.29) is 16.9 Å². The molecule has 0 saturated carbocycles. The molecular formula is C16H19N5O3. The van der Waals surface area contributed by atoms with E-state index < -0.39 is 11.2 Å². The lowest BCUT2D eigenvalue weighted by atomic mass is 9.78. The minimum absolute atomic E-state index is 0.115. The highest BCUT2D eigenvalue weighted by molar-refractivity contribution is 5.96. The van der Waals surface area contributed by atoms with Crippen molar-refractivity contribution in [3.05, 3.63) is 38.7 Å². The molecule has 8 heteroatoms. The van der Waals surface area contributed by atoms with Gasteiger partial charge in [-0.05, 0) is 37.3 Å². The first-order valence-electron chi connectivity index (χ1n) is 8.19. The number of fused-ring (bicyclic) bond motifs is 1. The fourth-order valence-electron chi connectivity index (χ4n) is 3.75. The molecule has 4 rings (SSSR count). The fraction of sp³-hybridized carbons (Fsp3) is 0.500. The van der Waals surface area contributed by atoms with Gasteiger partial charge in [-0.3, -0.25) is 19.6 Å². The number of rotatable bonds is 1. The van der Waals surface area contributed by atoms with E-state index in [9.17, 15) is 14.4 Å². The molecule has 1 spiro atoms. The molecule has 2 aliphatic heterocycles. The number of carbonyl (C=O) groups is 1. The van der Waals surface area contributed by atoms with Crippen molar-refractivity contribution in [3.8, 4) is 0 Å². The Balaban J connectivity index is 1.57. The SMILES string of the molecule is O=C(c1cnc2[nH]c(=O)[nH]c(=O)c2c1)N1CCC2(CCNC2)CC1. The third-order valence-electron chi connectivity index (χ3n) is 5.28. The van der Waals surface area contributed by atoms with Crippen molar-refractivity contribution < 1.29 is 4.79 Å². The smallest absolute Gasteiger partial charge is 0.327 e. The lowest BCUT2D eigenvalue weighted by molar-refractivity contribution is 0.0607. The molecule has 3 N–H and O–H groups in total. The van der Waals surface area contributed by atoms with Crippen molar-refractivity contribution in [2.75, 3.05) is 26.2 Å². The molecular weight excluding hydrogens is 310 g/mol. The van der Waals surface area contributed by atoms with Crippen LogP contribution in [0.1, 0.15) is 29.6 Å². The van der Waals surface area contributed by atoms with Gasteiger partial charge in [0, 0.05) is 25.8 Å². The number of nitrogens with one attached hydrogen (secondary N) is 3. The topological polar surface area (TPSA) is 111 Å². The minimum Gasteiger partial charge on any atom is -0.339 e. The maximum absolute atomic E-state index is 12.7. The van der Waals surface area contributed by atoms with E-state index in [1.165, 1.54) is 18.7 Å². The van der Waals surface area contributed by atoms with Crippen LogP contribution in [-0.2, 0) is 0 Å². The van der Waals surface area contributed by atoms with Crippen molar-refractivity contribution in [3.63, 3.8) is 0 Å². The second-order valence-electron chi connectivity index (χ2n) is 6.75. The highest BCUT2D eigenvalue weighted by Gasteiger charge is 2.38. The summed E-state index contributed by atoms with van der Waals surface area (Å²) in [6.45, 7) is 3.54. The molecule has 2 fully saturated rings. The average molecular weight is 329 g/mol. The largest absolute Gasteiger partial charge is 0.339 e. The summed E-state index contributed by atoms with van der Waals surface area (Å²) >= 11 is 0. The molecule has 1 amide bonds. The number of H-pyrrole nitrogens is 2. The summed E-state index contributed by atoms with van der Waals surface area (Å²) in [7, 11) is 0. The van der Waals surface area contributed by atoms with Gasteiger partial charge in [-0.2, -0.15) is 0 Å². The van der Waals surface area contributed by atoms with Gasteiger partial charge >= 0.3 is 5.69 Å². The molecule has 24 heavy (non-hydrogen) atoms. The van der Waals surface area contributed by atoms with Crippen molar-refractivity contribution >= 4 is 16.9 Å². The van der Waals surface area contributed by atoms with Crippen LogP contribution in [0.2, 0.25) is 0 Å². The Morgan fingerprint density at radius 2 is 1.96 bits per heavy atom. The van der Waals surface area contributed by atoms with Crippen LogP contribution < -0.4 is 16.6 Å². The number of aromatic amines is 2. The van der Waals surface area contributed by atoms with Crippen molar-refractivity contribution in [1.82, 2.24) is 25.2 Å². The Morgan fingerprint density at radius 1 is 1.17 bits per heavy atom. The van der Waals surface area contributed by atoms with Crippen molar-refractivity contribution in [2.45, 2.75) is 19.3 Å². The van der Waals surface area contributed by atoms with Gasteiger partial charge in [0.2, 0.25) is 0 Å². The van der Waals surface area contributed by atoms with Gasteiger partial charge in [0.25, 0.3) is 11.5 Å². The van der Waals surface area contributed by atoms with Crippen LogP contribution in [0.5, 0.6) is 0 Å². The summed E-state index contributed by atoms with van der Waals surface area (Å²) in [6, 6.07) is 1.50. The highest BCUT2D eigenvalue weighted by atomic mass is 16.2. The van der Waals surface area contributed by atoms with E-state index in [0.717, 1.165) is 39.0 Å². The van der Waals surface area contributed by atoms with E-state index in [4.69, 9.17) is 0 Å². The number of nitrogens with zero attached hydrogens (tertiary/aromatic N) is 2. The van der Waals surface area contributed by atoms with Crippen molar-refractivity contribution in [2.24, 2.45) is 5.41 Å². The van der Waals surface area contributed by atoms with Crippen LogP contribution in [0.4, 0.5) is 0 Å². The average Bonchev–Trinajstić information content (AvgIpc) is 3.03. The highest BCUT2D eigenvalue weighted by Crippen LogP contribution is 2.37. The molecule has 8 nitrogen and oxygen atoms in total. The van der Waals surface area contributed by atoms with Gasteiger partial charge in [-0.1, -0.05) is 0 Å². The summed E-state index contributed by atoms with van der Waals surface area (Å²) in [6.07, 6.45) is 4.60. The molecule has 0 atom stereocenters. The number of likely N-dealkylation sites (tertiary alicyclic amines) is 1. The summed E-state index contributed by atoms with van der Waals surface area (Å²) in [5, 5.41) is 3.63. The first-order chi connectivity index (χ1) is 11.6. The fourth-order valence-corrected chi connectivity index (χ4v) is 3.75. The van der Waals surface area contributed by atoms with Crippen LogP contribution in [0, 0.1) is 5.41 Å². The predicted octanol–water partition coefficient (Wildman–Crippen LogP) is -0.173. The third kappa shape index (κ3) is 2.52. The van der Waals surface area contributed by atoms with Crippen LogP contribution in [0.15, 0.2) is 21.9 Å². The first kappa shape index (κ1) is 15.1. The van der Waals surface area contributed by atoms with E-state index >= 15 is 0 Å². The normalized spacial score (nSPS) is 19.9. The van der Waals surface area contributed by atoms with Gasteiger partial charge in [0.15, 0.2) is 0 Å². The summed E-state index contributed by atoms with van der Waals surface area (Å²) < 4.78 is 0. The van der Waals surface area contributed by atoms with E-state index in [2.05, 4.69) is 20.3 Å². The van der Waals surface area contributed by atoms with Crippen LogP contribution in [-0.4, -0.2) is 51.9 Å². The number of hydrogen-bond acceptors (Lipinski definition) is 5. The standard InChI is InChI=1S/C16H19N5O3/c22-13-11-7-10(8-18-12(11)19-15(24)20-13)14(23)21-5-2-16(3-6-21)1-4-17-9-16/h7-8,17H,1-6,9H2,(H2,18,19,20,22,24). The van der Waals surface area contributed by atoms with Crippen LogP contribution in [0.25, 0.3) is 11.0 Å². The summed E-state index contributed by atoms with van der Waals surface area (Å²) in [5.74, 6) is -0.115. The molecule has 2 aromatic heterocycles. The van der Waals surface area contributed by atoms with Gasteiger partial charge in [0.05, 0.1) is 10.9 Å². The maximum Gasteiger partial charge on any atom is 0.327 e. The molecule has 0 bridgehead atoms. The second-order valence-corrected chi connectivity index (χ2v) is 6.75. The van der Waals surface area contributed by atoms with Gasteiger partial charge in [-0.15, -0.1) is 0 Å². The summed E-state index contributed by atoms with van der Waals surface area (Å²) in [4.78, 5) is 46.3. The quantitative estimate of drug-likeness (QED) is 0.672. The molecule has 2 saturated heterocycles. The number of piperidine rings is 1. The van der Waals surface area contributed by atoms with Gasteiger partial charge in [0.1, 0.15) is 5.65 Å².